The van der Waals surface area contributed by atoms with E-state index in [4.69, 9.17) is 24.1 Å². The molecule has 0 heterocycles. The maximum absolute atomic E-state index is 12.7. The summed E-state index contributed by atoms with van der Waals surface area (Å²) in [6.45, 7) is 8.66. The first-order valence-corrected chi connectivity index (χ1v) is 26.3. The van der Waals surface area contributed by atoms with Gasteiger partial charge >= 0.3 is 11.9 Å². The van der Waals surface area contributed by atoms with Gasteiger partial charge < -0.3 is 44.6 Å². The minimum Gasteiger partial charge on any atom is -0.481 e. The van der Waals surface area contributed by atoms with Crippen molar-refractivity contribution in [3.8, 4) is 0 Å². The highest BCUT2D eigenvalue weighted by Gasteiger charge is 2.28. The number of hydrogen-bond donors (Lipinski definition) is 4. The normalized spacial score (nSPS) is 12.3. The van der Waals surface area contributed by atoms with Gasteiger partial charge in [0.25, 0.3) is 0 Å². The molecule has 0 fully saturated rings. The van der Waals surface area contributed by atoms with Crippen LogP contribution in [0.3, 0.4) is 0 Å². The van der Waals surface area contributed by atoms with Gasteiger partial charge in [-0.1, -0.05) is 104 Å². The summed E-state index contributed by atoms with van der Waals surface area (Å²) in [6, 6.07) is 0. The van der Waals surface area contributed by atoms with E-state index in [1.165, 1.54) is 51.9 Å². The zero-order chi connectivity index (χ0) is 52.3. The number of nitrogens with one attached hydrogen (secondary N) is 2. The maximum Gasteiger partial charge on any atom is 0.306 e. The van der Waals surface area contributed by atoms with Crippen molar-refractivity contribution in [1.29, 1.82) is 0 Å². The van der Waals surface area contributed by atoms with Crippen LogP contribution in [-0.4, -0.2) is 129 Å². The first-order chi connectivity index (χ1) is 33.4. The number of aliphatic carboxylic acids is 2. The molecule has 0 rings (SSSR count). The second-order valence-corrected chi connectivity index (χ2v) is 19.6. The number of ketones is 5. The van der Waals surface area contributed by atoms with Gasteiger partial charge in [0.2, 0.25) is 11.8 Å². The molecule has 0 aliphatic carbocycles. The van der Waals surface area contributed by atoms with Crippen LogP contribution in [0.15, 0.2) is 0 Å². The van der Waals surface area contributed by atoms with Crippen LogP contribution < -0.4 is 10.6 Å². The zero-order valence-corrected chi connectivity index (χ0v) is 43.5. The van der Waals surface area contributed by atoms with Crippen LogP contribution in [0.4, 0.5) is 0 Å². The van der Waals surface area contributed by atoms with Crippen LogP contribution in [0.2, 0.25) is 0 Å². The van der Waals surface area contributed by atoms with Gasteiger partial charge in [-0.2, -0.15) is 0 Å². The fourth-order valence-electron chi connectivity index (χ4n) is 7.53. The molecule has 17 nitrogen and oxygen atoms in total. The van der Waals surface area contributed by atoms with Crippen molar-refractivity contribution in [1.82, 2.24) is 10.6 Å². The van der Waals surface area contributed by atoms with Crippen molar-refractivity contribution in [3.05, 3.63) is 0 Å². The largest absolute Gasteiger partial charge is 0.481 e. The van der Waals surface area contributed by atoms with E-state index >= 15 is 0 Å². The first-order valence-electron chi connectivity index (χ1n) is 26.3. The summed E-state index contributed by atoms with van der Waals surface area (Å²) in [4.78, 5) is 108. The Kier molecular flexibility index (Phi) is 41.4. The summed E-state index contributed by atoms with van der Waals surface area (Å²) in [5, 5.41) is 23.7. The molecule has 4 N–H and O–H groups in total. The number of carbonyl (C=O) groups is 9. The number of carboxylic acid groups (broad SMARTS) is 2. The van der Waals surface area contributed by atoms with E-state index in [-0.39, 0.29) is 148 Å². The fraction of sp³-hybridized carbons (Fsp3) is 0.830. The third-order valence-corrected chi connectivity index (χ3v) is 12.0. The lowest BCUT2D eigenvalue weighted by Crippen LogP contribution is -2.31. The molecule has 408 valence electrons. The van der Waals surface area contributed by atoms with E-state index in [1.807, 2.05) is 20.8 Å². The molecule has 0 aliphatic rings. The predicted molar refractivity (Wildman–Crippen MR) is 271 cm³/mol. The van der Waals surface area contributed by atoms with E-state index in [1.54, 1.807) is 0 Å². The number of carboxylic acids is 2. The first kappa shape index (κ1) is 66.1. The molecule has 2 amide bonds. The minimum absolute atomic E-state index is 0. The van der Waals surface area contributed by atoms with Gasteiger partial charge in [0.1, 0.15) is 42.1 Å². The van der Waals surface area contributed by atoms with Gasteiger partial charge in [0.15, 0.2) is 0 Å². The Morgan fingerprint density at radius 2 is 0.943 bits per heavy atom. The molecular formula is C53H96N2O15. The van der Waals surface area contributed by atoms with E-state index in [2.05, 4.69) is 10.6 Å². The van der Waals surface area contributed by atoms with Crippen LogP contribution >= 0.6 is 0 Å². The Hall–Kier alpha value is -3.93. The van der Waals surface area contributed by atoms with Crippen molar-refractivity contribution in [2.75, 3.05) is 65.9 Å². The molecule has 0 bridgehead atoms. The highest BCUT2D eigenvalue weighted by atomic mass is 16.5. The monoisotopic (exact) mass is 1000 g/mol. The molecule has 0 radical (unpaired) electrons. The molecule has 0 aromatic heterocycles. The fourth-order valence-corrected chi connectivity index (χ4v) is 7.53. The molecule has 2 atom stereocenters. The number of rotatable bonds is 51. The Morgan fingerprint density at radius 3 is 1.46 bits per heavy atom. The van der Waals surface area contributed by atoms with Crippen LogP contribution in [0.5, 0.6) is 0 Å². The van der Waals surface area contributed by atoms with Crippen molar-refractivity contribution >= 4 is 52.7 Å². The summed E-state index contributed by atoms with van der Waals surface area (Å²) in [6.07, 6.45) is 19.1. The molecule has 17 heteroatoms. The van der Waals surface area contributed by atoms with Crippen molar-refractivity contribution in [2.45, 2.75) is 201 Å². The standard InChI is InChI=1S/C53H92N2O15.2H2/c1-42(56)26-29-47(59)43(39-48(60)53(2,3)4)22-19-20-30-54-49(61)40-70-37-35-68-33-31-55-50(62)41-69-36-34-67-32-21-24-45(57)28-27-44(52(65)66)38-46(58)23-17-15-13-11-9-7-5-6-8-10-12-14-16-18-25-51(63)64;;/h43-44H,5-41H2,1-4H3,(H,54,61)(H,55,62)(H,63,64)(H,65,66);2*1H/t43?,44-;;/m1../s1. The van der Waals surface area contributed by atoms with Gasteiger partial charge in [0, 0.05) is 85.2 Å². The number of ether oxygens (including phenoxy) is 4. The molecule has 0 aromatic carbocycles. The van der Waals surface area contributed by atoms with Gasteiger partial charge in [-0.15, -0.1) is 0 Å². The number of Topliss-reactive ketones (excluding diaryl/α,β-unsaturated/α-hetero) is 5. The average molecular weight is 1000 g/mol. The van der Waals surface area contributed by atoms with E-state index in [0.717, 1.165) is 44.9 Å². The highest BCUT2D eigenvalue weighted by molar-refractivity contribution is 5.92. The predicted octanol–water partition coefficient (Wildman–Crippen LogP) is 8.62. The minimum atomic E-state index is -1.05. The molecule has 0 saturated heterocycles. The Morgan fingerprint density at radius 1 is 0.457 bits per heavy atom. The number of unbranched alkanes of at least 4 members (excludes halogenated alkanes) is 14. The smallest absolute Gasteiger partial charge is 0.306 e. The van der Waals surface area contributed by atoms with Crippen LogP contribution in [0, 0.1) is 17.3 Å². The van der Waals surface area contributed by atoms with Crippen LogP contribution in [0.1, 0.15) is 204 Å². The second kappa shape index (κ2) is 43.8. The Bertz CT molecular complexity index is 1510. The van der Waals surface area contributed by atoms with Gasteiger partial charge in [-0.3, -0.25) is 38.4 Å². The van der Waals surface area contributed by atoms with Crippen molar-refractivity contribution in [3.63, 3.8) is 0 Å². The van der Waals surface area contributed by atoms with E-state index < -0.39 is 29.2 Å². The second-order valence-electron chi connectivity index (χ2n) is 19.6. The lowest BCUT2D eigenvalue weighted by molar-refractivity contribution is -0.144. The Labute approximate surface area is 421 Å². The number of hydrogen-bond acceptors (Lipinski definition) is 13. The van der Waals surface area contributed by atoms with Crippen LogP contribution in [-0.2, 0) is 62.1 Å². The lowest BCUT2D eigenvalue weighted by atomic mass is 9.81. The van der Waals surface area contributed by atoms with Gasteiger partial charge in [0.05, 0.1) is 39.0 Å². The highest BCUT2D eigenvalue weighted by Crippen LogP contribution is 2.25. The third kappa shape index (κ3) is 42.9. The maximum atomic E-state index is 12.7. The number of carbonyl (C=O) groups excluding carboxylic acids is 7. The summed E-state index contributed by atoms with van der Waals surface area (Å²) in [7, 11) is 0. The molecule has 0 spiro atoms. The van der Waals surface area contributed by atoms with E-state index in [9.17, 15) is 48.3 Å². The topological polar surface area (TPSA) is 255 Å². The molecule has 0 saturated carbocycles. The third-order valence-electron chi connectivity index (χ3n) is 12.0. The lowest BCUT2D eigenvalue weighted by Gasteiger charge is -2.21. The molecule has 0 aromatic rings. The molecule has 70 heavy (non-hydrogen) atoms. The van der Waals surface area contributed by atoms with Crippen molar-refractivity contribution in [2.24, 2.45) is 17.3 Å². The summed E-state index contributed by atoms with van der Waals surface area (Å²) < 4.78 is 21.6. The van der Waals surface area contributed by atoms with Gasteiger partial charge in [-0.25, -0.2) is 0 Å². The van der Waals surface area contributed by atoms with Crippen molar-refractivity contribution < 1.29 is 75.2 Å². The molecular weight excluding hydrogens is 905 g/mol. The average Bonchev–Trinajstić information content (AvgIpc) is 3.29. The Balaban J connectivity index is -0.0000238. The summed E-state index contributed by atoms with van der Waals surface area (Å²) >= 11 is 0. The van der Waals surface area contributed by atoms with Crippen LogP contribution in [0.25, 0.3) is 0 Å². The van der Waals surface area contributed by atoms with Gasteiger partial charge in [-0.05, 0) is 45.4 Å². The quantitative estimate of drug-likeness (QED) is 0.0416. The molecule has 0 aliphatic heterocycles. The summed E-state index contributed by atoms with van der Waals surface area (Å²) in [5.41, 5.74) is -0.551. The number of amides is 2. The van der Waals surface area contributed by atoms with E-state index in [0.29, 0.717) is 45.3 Å². The summed E-state index contributed by atoms with van der Waals surface area (Å²) in [5.74, 6) is -3.93. The molecule has 1 unspecified atom stereocenters. The SMILES string of the molecule is CC(=O)CCC(=O)C(CCCCNC(=O)COCCOCCNC(=O)COCCOCCCC(=O)CC[C@H](CC(=O)CCCCCCCCCCCCCCCCC(=O)O)C(=O)O)CC(=O)C(C)(C)C.[HH].[HH]. The zero-order valence-electron chi connectivity index (χ0n) is 43.5.